The molecule has 0 aromatic carbocycles. The highest BCUT2D eigenvalue weighted by molar-refractivity contribution is 4.78. The highest BCUT2D eigenvalue weighted by atomic mass is 15.2. The molecule has 1 atom stereocenters. The van der Waals surface area contributed by atoms with Gasteiger partial charge in [0.25, 0.3) is 0 Å². The van der Waals surface area contributed by atoms with Gasteiger partial charge in [0.1, 0.15) is 0 Å². The van der Waals surface area contributed by atoms with E-state index in [4.69, 9.17) is 0 Å². The van der Waals surface area contributed by atoms with Crippen LogP contribution in [-0.2, 0) is 0 Å². The largest absolute Gasteiger partial charge is 0.311 e. The van der Waals surface area contributed by atoms with Crippen molar-refractivity contribution in [3.63, 3.8) is 0 Å². The Morgan fingerprint density at radius 2 is 2.07 bits per heavy atom. The van der Waals surface area contributed by atoms with Gasteiger partial charge in [0.05, 0.1) is 0 Å². The molecule has 1 rings (SSSR count). The van der Waals surface area contributed by atoms with E-state index in [9.17, 15) is 0 Å². The van der Waals surface area contributed by atoms with Crippen molar-refractivity contribution in [2.24, 2.45) is 0 Å². The Hall–Kier alpha value is -0.0800. The summed E-state index contributed by atoms with van der Waals surface area (Å²) in [6, 6.07) is 0.797. The SMILES string of the molecule is CCC(C)(C)NCCN1CCCCC1C. The van der Waals surface area contributed by atoms with Crippen LogP contribution in [0.15, 0.2) is 0 Å². The van der Waals surface area contributed by atoms with Crippen LogP contribution in [0.3, 0.4) is 0 Å². The Morgan fingerprint density at radius 3 is 2.67 bits per heavy atom. The number of hydrogen-bond donors (Lipinski definition) is 1. The maximum absolute atomic E-state index is 3.63. The fourth-order valence-electron chi connectivity index (χ4n) is 2.15. The van der Waals surface area contributed by atoms with Gasteiger partial charge in [-0.1, -0.05) is 13.3 Å². The van der Waals surface area contributed by atoms with E-state index in [1.165, 1.54) is 38.8 Å². The van der Waals surface area contributed by atoms with Crippen molar-refractivity contribution in [1.29, 1.82) is 0 Å². The zero-order valence-electron chi connectivity index (χ0n) is 11.0. The zero-order valence-corrected chi connectivity index (χ0v) is 11.0. The van der Waals surface area contributed by atoms with Gasteiger partial charge in [-0.15, -0.1) is 0 Å². The van der Waals surface area contributed by atoms with Crippen LogP contribution in [-0.4, -0.2) is 36.1 Å². The van der Waals surface area contributed by atoms with Gasteiger partial charge in [-0.05, 0) is 46.6 Å². The number of likely N-dealkylation sites (tertiary alicyclic amines) is 1. The molecule has 0 radical (unpaired) electrons. The fraction of sp³-hybridized carbons (Fsp3) is 1.00. The predicted octanol–water partition coefficient (Wildman–Crippen LogP) is 2.64. The molecule has 1 unspecified atom stereocenters. The summed E-state index contributed by atoms with van der Waals surface area (Å²) < 4.78 is 0. The van der Waals surface area contributed by atoms with Gasteiger partial charge >= 0.3 is 0 Å². The number of hydrogen-bond acceptors (Lipinski definition) is 2. The number of rotatable bonds is 5. The highest BCUT2D eigenvalue weighted by Crippen LogP contribution is 2.15. The Morgan fingerprint density at radius 1 is 1.33 bits per heavy atom. The van der Waals surface area contributed by atoms with Gasteiger partial charge in [-0.2, -0.15) is 0 Å². The van der Waals surface area contributed by atoms with E-state index in [0.717, 1.165) is 12.6 Å². The highest BCUT2D eigenvalue weighted by Gasteiger charge is 2.19. The summed E-state index contributed by atoms with van der Waals surface area (Å²) >= 11 is 0. The standard InChI is InChI=1S/C13H28N2/c1-5-13(3,4)14-9-11-15-10-7-6-8-12(15)2/h12,14H,5-11H2,1-4H3. The van der Waals surface area contributed by atoms with Crippen LogP contribution in [0.4, 0.5) is 0 Å². The topological polar surface area (TPSA) is 15.3 Å². The second-order valence-corrected chi connectivity index (χ2v) is 5.54. The molecular formula is C13H28N2. The molecule has 90 valence electrons. The molecule has 2 heteroatoms. The van der Waals surface area contributed by atoms with E-state index in [0.29, 0.717) is 5.54 Å². The zero-order chi connectivity index (χ0) is 11.3. The van der Waals surface area contributed by atoms with Crippen molar-refractivity contribution in [3.05, 3.63) is 0 Å². The maximum atomic E-state index is 3.63. The van der Waals surface area contributed by atoms with E-state index in [1.54, 1.807) is 0 Å². The van der Waals surface area contributed by atoms with Crippen molar-refractivity contribution in [2.45, 2.75) is 65.0 Å². The van der Waals surface area contributed by atoms with Gasteiger partial charge < -0.3 is 5.32 Å². The third-order valence-electron chi connectivity index (χ3n) is 3.83. The molecule has 1 saturated heterocycles. The maximum Gasteiger partial charge on any atom is 0.0123 e. The summed E-state index contributed by atoms with van der Waals surface area (Å²) in [6.07, 6.45) is 5.40. The molecular weight excluding hydrogens is 184 g/mol. The van der Waals surface area contributed by atoms with Crippen LogP contribution in [0.25, 0.3) is 0 Å². The minimum absolute atomic E-state index is 0.305. The molecule has 0 aromatic rings. The number of piperidine rings is 1. The smallest absolute Gasteiger partial charge is 0.0123 e. The lowest BCUT2D eigenvalue weighted by molar-refractivity contribution is 0.156. The van der Waals surface area contributed by atoms with Crippen molar-refractivity contribution >= 4 is 0 Å². The second kappa shape index (κ2) is 5.86. The first-order chi connectivity index (χ1) is 7.05. The summed E-state index contributed by atoms with van der Waals surface area (Å²) in [5, 5.41) is 3.63. The molecule has 1 aliphatic heterocycles. The molecule has 2 nitrogen and oxygen atoms in total. The lowest BCUT2D eigenvalue weighted by Gasteiger charge is -2.34. The Balaban J connectivity index is 2.19. The number of nitrogens with one attached hydrogen (secondary N) is 1. The normalized spacial score (nSPS) is 24.4. The van der Waals surface area contributed by atoms with Crippen molar-refractivity contribution in [3.8, 4) is 0 Å². The monoisotopic (exact) mass is 212 g/mol. The lowest BCUT2D eigenvalue weighted by Crippen LogP contribution is -2.46. The number of nitrogens with zero attached hydrogens (tertiary/aromatic N) is 1. The van der Waals surface area contributed by atoms with Crippen LogP contribution in [0, 0.1) is 0 Å². The third-order valence-corrected chi connectivity index (χ3v) is 3.83. The van der Waals surface area contributed by atoms with Crippen molar-refractivity contribution < 1.29 is 0 Å². The molecule has 1 aliphatic rings. The molecule has 0 saturated carbocycles. The van der Waals surface area contributed by atoms with Gasteiger partial charge in [0, 0.05) is 24.7 Å². The van der Waals surface area contributed by atoms with Crippen LogP contribution in [0.5, 0.6) is 0 Å². The van der Waals surface area contributed by atoms with Gasteiger partial charge in [-0.25, -0.2) is 0 Å². The Kier molecular flexibility index (Phi) is 5.07. The summed E-state index contributed by atoms with van der Waals surface area (Å²) in [7, 11) is 0. The van der Waals surface area contributed by atoms with Gasteiger partial charge in [-0.3, -0.25) is 4.90 Å². The summed E-state index contributed by atoms with van der Waals surface area (Å²) in [5.41, 5.74) is 0.305. The fourth-order valence-corrected chi connectivity index (χ4v) is 2.15. The van der Waals surface area contributed by atoms with E-state index in [2.05, 4.69) is 37.9 Å². The molecule has 0 aliphatic carbocycles. The van der Waals surface area contributed by atoms with Crippen molar-refractivity contribution in [2.75, 3.05) is 19.6 Å². The van der Waals surface area contributed by atoms with Crippen LogP contribution in [0.1, 0.15) is 53.4 Å². The Bertz CT molecular complexity index is 177. The van der Waals surface area contributed by atoms with E-state index in [-0.39, 0.29) is 0 Å². The molecule has 0 aromatic heterocycles. The summed E-state index contributed by atoms with van der Waals surface area (Å²) in [6.45, 7) is 12.8. The molecule has 1 fully saturated rings. The predicted molar refractivity (Wildman–Crippen MR) is 67.3 cm³/mol. The van der Waals surface area contributed by atoms with E-state index in [1.807, 2.05) is 0 Å². The summed E-state index contributed by atoms with van der Waals surface area (Å²) in [5.74, 6) is 0. The quantitative estimate of drug-likeness (QED) is 0.753. The first kappa shape index (κ1) is 13.0. The van der Waals surface area contributed by atoms with Crippen molar-refractivity contribution in [1.82, 2.24) is 10.2 Å². The Labute approximate surface area is 95.4 Å². The molecule has 15 heavy (non-hydrogen) atoms. The van der Waals surface area contributed by atoms with E-state index >= 15 is 0 Å². The molecule has 1 heterocycles. The third kappa shape index (κ3) is 4.52. The van der Waals surface area contributed by atoms with Gasteiger partial charge in [0.15, 0.2) is 0 Å². The van der Waals surface area contributed by atoms with Crippen LogP contribution in [0.2, 0.25) is 0 Å². The molecule has 1 N–H and O–H groups in total. The molecule has 0 amide bonds. The minimum Gasteiger partial charge on any atom is -0.311 e. The molecule has 0 bridgehead atoms. The first-order valence-corrected chi connectivity index (χ1v) is 6.54. The van der Waals surface area contributed by atoms with E-state index < -0.39 is 0 Å². The lowest BCUT2D eigenvalue weighted by atomic mass is 10.0. The molecule has 0 spiro atoms. The average Bonchev–Trinajstić information content (AvgIpc) is 2.21. The van der Waals surface area contributed by atoms with Gasteiger partial charge in [0.2, 0.25) is 0 Å². The van der Waals surface area contributed by atoms with Crippen LogP contribution < -0.4 is 5.32 Å². The first-order valence-electron chi connectivity index (χ1n) is 6.54. The summed E-state index contributed by atoms with van der Waals surface area (Å²) in [4.78, 5) is 2.63. The average molecular weight is 212 g/mol. The second-order valence-electron chi connectivity index (χ2n) is 5.54. The van der Waals surface area contributed by atoms with Crippen LogP contribution >= 0.6 is 0 Å². The minimum atomic E-state index is 0.305.